The summed E-state index contributed by atoms with van der Waals surface area (Å²) in [5.41, 5.74) is -0.928. The van der Waals surface area contributed by atoms with Gasteiger partial charge in [-0.2, -0.15) is 0 Å². The Kier molecular flexibility index (Phi) is 5.17. The number of non-ortho nitro benzene ring substituents is 1. The van der Waals surface area contributed by atoms with E-state index in [0.717, 1.165) is 0 Å². The summed E-state index contributed by atoms with van der Waals surface area (Å²) in [5, 5.41) is 13.1. The van der Waals surface area contributed by atoms with Crippen LogP contribution in [0.25, 0.3) is 0 Å². The van der Waals surface area contributed by atoms with Gasteiger partial charge >= 0.3 is 0 Å². The Morgan fingerprint density at radius 3 is 2.32 bits per heavy atom. The average Bonchev–Trinajstić information content (AvgIpc) is 2.31. The van der Waals surface area contributed by atoms with Gasteiger partial charge in [0.2, 0.25) is 0 Å². The molecule has 0 atom stereocenters. The average molecular weight is 273 g/mol. The minimum atomic E-state index is -0.959. The van der Waals surface area contributed by atoms with Crippen molar-refractivity contribution >= 4 is 11.4 Å². The Morgan fingerprint density at radius 2 is 1.89 bits per heavy atom. The van der Waals surface area contributed by atoms with E-state index in [1.54, 1.807) is 0 Å². The van der Waals surface area contributed by atoms with E-state index in [4.69, 9.17) is 0 Å². The fourth-order valence-corrected chi connectivity index (χ4v) is 1.45. The molecule has 0 fully saturated rings. The Hall–Kier alpha value is -1.76. The third kappa shape index (κ3) is 4.13. The molecule has 0 bridgehead atoms. The Bertz CT molecular complexity index is 443. The summed E-state index contributed by atoms with van der Waals surface area (Å²) in [6, 6.07) is 1.74. The molecule has 7 heteroatoms. The SMILES string of the molecule is CC(C)N(C)CCNc1c(F)cc([N+](=O)[O-])cc1F. The maximum Gasteiger partial charge on any atom is 0.275 e. The second kappa shape index (κ2) is 6.42. The summed E-state index contributed by atoms with van der Waals surface area (Å²) in [7, 11) is 1.90. The predicted octanol–water partition coefficient (Wildman–Crippen LogP) is 2.63. The van der Waals surface area contributed by atoms with E-state index in [0.29, 0.717) is 31.3 Å². The van der Waals surface area contributed by atoms with Crippen LogP contribution in [0.4, 0.5) is 20.2 Å². The number of nitro benzene ring substituents is 1. The van der Waals surface area contributed by atoms with Gasteiger partial charge in [0.1, 0.15) is 5.69 Å². The zero-order valence-electron chi connectivity index (χ0n) is 11.1. The molecule has 0 aromatic heterocycles. The highest BCUT2D eigenvalue weighted by Gasteiger charge is 2.16. The van der Waals surface area contributed by atoms with E-state index in [1.165, 1.54) is 0 Å². The fraction of sp³-hybridized carbons (Fsp3) is 0.500. The highest BCUT2D eigenvalue weighted by molar-refractivity contribution is 5.51. The van der Waals surface area contributed by atoms with Crippen LogP contribution in [0.3, 0.4) is 0 Å². The van der Waals surface area contributed by atoms with Crippen LogP contribution in [0.2, 0.25) is 0 Å². The number of nitrogens with one attached hydrogen (secondary N) is 1. The van der Waals surface area contributed by atoms with Crippen molar-refractivity contribution < 1.29 is 13.7 Å². The van der Waals surface area contributed by atoms with Crippen LogP contribution in [0.15, 0.2) is 12.1 Å². The molecule has 0 heterocycles. The van der Waals surface area contributed by atoms with Gasteiger partial charge in [-0.1, -0.05) is 0 Å². The quantitative estimate of drug-likeness (QED) is 0.639. The first-order valence-electron chi connectivity index (χ1n) is 5.90. The summed E-state index contributed by atoms with van der Waals surface area (Å²) in [6.45, 7) is 4.97. The van der Waals surface area contributed by atoms with E-state index in [-0.39, 0.29) is 5.69 Å². The lowest BCUT2D eigenvalue weighted by atomic mass is 10.2. The Balaban J connectivity index is 2.72. The van der Waals surface area contributed by atoms with Crippen LogP contribution in [-0.2, 0) is 0 Å². The molecule has 1 N–H and O–H groups in total. The lowest BCUT2D eigenvalue weighted by molar-refractivity contribution is -0.385. The molecule has 1 rings (SSSR count). The highest BCUT2D eigenvalue weighted by atomic mass is 19.1. The van der Waals surface area contributed by atoms with E-state index in [2.05, 4.69) is 5.32 Å². The molecule has 106 valence electrons. The molecular formula is C12H17F2N3O2. The van der Waals surface area contributed by atoms with Crippen LogP contribution >= 0.6 is 0 Å². The molecule has 0 aliphatic heterocycles. The molecule has 0 aliphatic rings. The van der Waals surface area contributed by atoms with Crippen molar-refractivity contribution in [2.24, 2.45) is 0 Å². The maximum atomic E-state index is 13.5. The van der Waals surface area contributed by atoms with Gasteiger partial charge in [0, 0.05) is 19.1 Å². The van der Waals surface area contributed by atoms with E-state index in [1.807, 2.05) is 25.8 Å². The second-order valence-electron chi connectivity index (χ2n) is 4.54. The minimum Gasteiger partial charge on any atom is -0.379 e. The van der Waals surface area contributed by atoms with Crippen molar-refractivity contribution in [1.29, 1.82) is 0 Å². The van der Waals surface area contributed by atoms with Crippen molar-refractivity contribution in [3.05, 3.63) is 33.9 Å². The first-order valence-corrected chi connectivity index (χ1v) is 5.90. The molecule has 1 aromatic carbocycles. The Morgan fingerprint density at radius 1 is 1.37 bits per heavy atom. The molecule has 0 unspecified atom stereocenters. The summed E-state index contributed by atoms with van der Waals surface area (Å²) in [4.78, 5) is 11.6. The number of anilines is 1. The third-order valence-electron chi connectivity index (χ3n) is 2.89. The molecule has 0 aliphatic carbocycles. The molecule has 0 spiro atoms. The Labute approximate surface area is 110 Å². The van der Waals surface area contributed by atoms with Gasteiger partial charge in [-0.25, -0.2) is 8.78 Å². The van der Waals surface area contributed by atoms with E-state index in [9.17, 15) is 18.9 Å². The van der Waals surface area contributed by atoms with Crippen LogP contribution in [0.1, 0.15) is 13.8 Å². The summed E-state index contributed by atoms with van der Waals surface area (Å²) in [5.74, 6) is -1.92. The summed E-state index contributed by atoms with van der Waals surface area (Å²) in [6.07, 6.45) is 0. The molecule has 19 heavy (non-hydrogen) atoms. The van der Waals surface area contributed by atoms with Gasteiger partial charge in [-0.3, -0.25) is 10.1 Å². The largest absolute Gasteiger partial charge is 0.379 e. The summed E-state index contributed by atoms with van der Waals surface area (Å²) < 4.78 is 27.1. The molecular weight excluding hydrogens is 256 g/mol. The molecule has 5 nitrogen and oxygen atoms in total. The second-order valence-corrected chi connectivity index (χ2v) is 4.54. The highest BCUT2D eigenvalue weighted by Crippen LogP contribution is 2.24. The fourth-order valence-electron chi connectivity index (χ4n) is 1.45. The number of benzene rings is 1. The molecule has 0 saturated heterocycles. The van der Waals surface area contributed by atoms with Crippen LogP contribution < -0.4 is 5.32 Å². The number of nitro groups is 1. The minimum absolute atomic E-state index is 0.327. The zero-order valence-corrected chi connectivity index (χ0v) is 11.1. The maximum absolute atomic E-state index is 13.5. The number of hydrogen-bond acceptors (Lipinski definition) is 4. The number of halogens is 2. The van der Waals surface area contributed by atoms with Gasteiger partial charge in [0.15, 0.2) is 11.6 Å². The van der Waals surface area contributed by atoms with Gasteiger partial charge in [-0.15, -0.1) is 0 Å². The van der Waals surface area contributed by atoms with Gasteiger partial charge in [0.25, 0.3) is 5.69 Å². The van der Waals surface area contributed by atoms with Crippen molar-refractivity contribution in [2.45, 2.75) is 19.9 Å². The van der Waals surface area contributed by atoms with Gasteiger partial charge in [0.05, 0.1) is 17.1 Å². The molecule has 1 aromatic rings. The standard InChI is InChI=1S/C12H17F2N3O2/c1-8(2)16(3)5-4-15-12-10(13)6-9(17(18)19)7-11(12)14/h6-8,15H,4-5H2,1-3H3. The topological polar surface area (TPSA) is 58.4 Å². The predicted molar refractivity (Wildman–Crippen MR) is 69.3 cm³/mol. The van der Waals surface area contributed by atoms with Crippen molar-refractivity contribution in [3.63, 3.8) is 0 Å². The van der Waals surface area contributed by atoms with Crippen LogP contribution in [0.5, 0.6) is 0 Å². The van der Waals surface area contributed by atoms with Crippen LogP contribution in [-0.4, -0.2) is 36.0 Å². The van der Waals surface area contributed by atoms with Gasteiger partial charge < -0.3 is 10.2 Å². The smallest absolute Gasteiger partial charge is 0.275 e. The van der Waals surface area contributed by atoms with Crippen LogP contribution in [0, 0.1) is 21.7 Å². The number of nitrogens with zero attached hydrogens (tertiary/aromatic N) is 2. The number of rotatable bonds is 6. The van der Waals surface area contributed by atoms with Crippen molar-refractivity contribution in [3.8, 4) is 0 Å². The van der Waals surface area contributed by atoms with E-state index < -0.39 is 22.2 Å². The third-order valence-corrected chi connectivity index (χ3v) is 2.89. The number of hydrogen-bond donors (Lipinski definition) is 1. The lowest BCUT2D eigenvalue weighted by Crippen LogP contribution is -2.31. The normalized spacial score (nSPS) is 11.1. The molecule has 0 saturated carbocycles. The summed E-state index contributed by atoms with van der Waals surface area (Å²) >= 11 is 0. The monoisotopic (exact) mass is 273 g/mol. The van der Waals surface area contributed by atoms with Gasteiger partial charge in [-0.05, 0) is 20.9 Å². The first kappa shape index (κ1) is 15.3. The lowest BCUT2D eigenvalue weighted by Gasteiger charge is -2.21. The molecule has 0 radical (unpaired) electrons. The van der Waals surface area contributed by atoms with Crippen molar-refractivity contribution in [2.75, 3.05) is 25.5 Å². The molecule has 0 amide bonds. The number of likely N-dealkylation sites (N-methyl/N-ethyl adjacent to an activating group) is 1. The first-order chi connectivity index (χ1) is 8.82. The van der Waals surface area contributed by atoms with Crippen molar-refractivity contribution in [1.82, 2.24) is 4.90 Å². The van der Waals surface area contributed by atoms with E-state index >= 15 is 0 Å². The zero-order chi connectivity index (χ0) is 14.6.